The molecule has 0 aliphatic carbocycles. The van der Waals surface area contributed by atoms with Crippen LogP contribution in [0.2, 0.25) is 0 Å². The zero-order valence-electron chi connectivity index (χ0n) is 9.47. The number of fused-ring (bicyclic) bond motifs is 3. The maximum absolute atomic E-state index is 11.4. The Bertz CT molecular complexity index is 568. The lowest BCUT2D eigenvalue weighted by atomic mass is 10.1. The average molecular weight is 232 g/mol. The molecule has 17 heavy (non-hydrogen) atoms. The molecule has 0 amide bonds. The minimum Gasteiger partial charge on any atom is -0.463 e. The van der Waals surface area contributed by atoms with Gasteiger partial charge in [0, 0.05) is 30.8 Å². The molecule has 2 aromatic heterocycles. The van der Waals surface area contributed by atoms with Gasteiger partial charge in [-0.2, -0.15) is 5.10 Å². The minimum absolute atomic E-state index is 0.257. The van der Waals surface area contributed by atoms with Crippen LogP contribution in [0.25, 0.3) is 11.3 Å². The number of esters is 1. The number of rotatable bonds is 1. The van der Waals surface area contributed by atoms with Crippen molar-refractivity contribution in [2.75, 3.05) is 7.11 Å². The molecule has 3 rings (SSSR count). The van der Waals surface area contributed by atoms with Gasteiger partial charge in [-0.15, -0.1) is 0 Å². The molecule has 0 saturated carbocycles. The number of aromatic nitrogens is 2. The van der Waals surface area contributed by atoms with Gasteiger partial charge >= 0.3 is 5.97 Å². The van der Waals surface area contributed by atoms with Crippen molar-refractivity contribution < 1.29 is 13.9 Å². The molecular weight excluding hydrogens is 220 g/mol. The molecule has 0 bridgehead atoms. The van der Waals surface area contributed by atoms with E-state index in [0.29, 0.717) is 0 Å². The Kier molecular flexibility index (Phi) is 2.24. The van der Waals surface area contributed by atoms with Crippen LogP contribution in [0.15, 0.2) is 22.7 Å². The molecule has 0 aromatic carbocycles. The molecule has 2 aromatic rings. The first-order valence-electron chi connectivity index (χ1n) is 5.53. The number of methoxy groups -OCH3 is 1. The van der Waals surface area contributed by atoms with Crippen molar-refractivity contribution in [2.45, 2.75) is 19.4 Å². The van der Waals surface area contributed by atoms with Crippen molar-refractivity contribution in [3.05, 3.63) is 29.9 Å². The van der Waals surface area contributed by atoms with Gasteiger partial charge in [0.25, 0.3) is 0 Å². The summed E-state index contributed by atoms with van der Waals surface area (Å²) in [5, 5.41) is 4.25. The second kappa shape index (κ2) is 3.76. The standard InChI is InChI=1S/C12H12N2O3/c1-16-12(15)11-7-8-9-4-5-13-14(9)6-2-3-10(8)17-11/h4-5,7H,2-3,6H2,1H3. The highest BCUT2D eigenvalue weighted by Crippen LogP contribution is 2.31. The first-order valence-corrected chi connectivity index (χ1v) is 5.53. The van der Waals surface area contributed by atoms with Gasteiger partial charge in [-0.3, -0.25) is 4.68 Å². The van der Waals surface area contributed by atoms with Crippen molar-refractivity contribution >= 4 is 5.97 Å². The SMILES string of the molecule is COC(=O)c1cc2c(o1)CCCn1nccc1-2. The fraction of sp³-hybridized carbons (Fsp3) is 0.333. The number of carbonyl (C=O) groups excluding carboxylic acids is 1. The van der Waals surface area contributed by atoms with Crippen LogP contribution in [0.1, 0.15) is 22.7 Å². The summed E-state index contributed by atoms with van der Waals surface area (Å²) < 4.78 is 12.1. The molecule has 88 valence electrons. The van der Waals surface area contributed by atoms with Crippen LogP contribution >= 0.6 is 0 Å². The monoisotopic (exact) mass is 232 g/mol. The molecule has 0 radical (unpaired) electrons. The van der Waals surface area contributed by atoms with Crippen molar-refractivity contribution in [2.24, 2.45) is 0 Å². The normalized spacial score (nSPS) is 13.7. The zero-order valence-corrected chi connectivity index (χ0v) is 9.47. The molecule has 0 unspecified atom stereocenters. The molecule has 0 fully saturated rings. The van der Waals surface area contributed by atoms with Crippen molar-refractivity contribution in [3.8, 4) is 11.3 Å². The Morgan fingerprint density at radius 2 is 2.47 bits per heavy atom. The number of carbonyl (C=O) groups is 1. The molecule has 3 heterocycles. The summed E-state index contributed by atoms with van der Waals surface area (Å²) in [6, 6.07) is 3.67. The van der Waals surface area contributed by atoms with Crippen molar-refractivity contribution in [3.63, 3.8) is 0 Å². The smallest absolute Gasteiger partial charge is 0.373 e. The summed E-state index contributed by atoms with van der Waals surface area (Å²) in [6.07, 6.45) is 3.53. The van der Waals surface area contributed by atoms with Gasteiger partial charge in [0.1, 0.15) is 5.76 Å². The van der Waals surface area contributed by atoms with E-state index in [2.05, 4.69) is 9.84 Å². The molecule has 0 spiro atoms. The third-order valence-corrected chi connectivity index (χ3v) is 2.96. The summed E-state index contributed by atoms with van der Waals surface area (Å²) in [6.45, 7) is 0.875. The summed E-state index contributed by atoms with van der Waals surface area (Å²) in [5.41, 5.74) is 1.94. The molecule has 1 aliphatic rings. The topological polar surface area (TPSA) is 57.3 Å². The Labute approximate surface area is 98.0 Å². The van der Waals surface area contributed by atoms with E-state index in [-0.39, 0.29) is 5.76 Å². The van der Waals surface area contributed by atoms with E-state index in [1.54, 1.807) is 12.3 Å². The second-order valence-corrected chi connectivity index (χ2v) is 3.98. The van der Waals surface area contributed by atoms with Crippen LogP contribution in [0, 0.1) is 0 Å². The lowest BCUT2D eigenvalue weighted by Gasteiger charge is -2.00. The van der Waals surface area contributed by atoms with Gasteiger partial charge < -0.3 is 9.15 Å². The van der Waals surface area contributed by atoms with E-state index >= 15 is 0 Å². The Balaban J connectivity index is 2.13. The van der Waals surface area contributed by atoms with Gasteiger partial charge in [0.2, 0.25) is 5.76 Å². The van der Waals surface area contributed by atoms with Crippen LogP contribution in [0.3, 0.4) is 0 Å². The lowest BCUT2D eigenvalue weighted by molar-refractivity contribution is 0.0563. The van der Waals surface area contributed by atoms with Gasteiger partial charge in [-0.25, -0.2) is 4.79 Å². The number of nitrogens with zero attached hydrogens (tertiary/aromatic N) is 2. The number of aryl methyl sites for hydroxylation is 2. The molecule has 5 nitrogen and oxygen atoms in total. The van der Waals surface area contributed by atoms with Crippen LogP contribution in [0.4, 0.5) is 0 Å². The van der Waals surface area contributed by atoms with Crippen molar-refractivity contribution in [1.82, 2.24) is 9.78 Å². The summed E-state index contributed by atoms with van der Waals surface area (Å²) in [4.78, 5) is 11.4. The van der Waals surface area contributed by atoms with Gasteiger partial charge in [-0.05, 0) is 12.5 Å². The van der Waals surface area contributed by atoms with E-state index in [1.165, 1.54) is 7.11 Å². The molecule has 0 saturated heterocycles. The third kappa shape index (κ3) is 1.54. The lowest BCUT2D eigenvalue weighted by Crippen LogP contribution is -2.01. The number of ether oxygens (including phenoxy) is 1. The molecule has 5 heteroatoms. The highest BCUT2D eigenvalue weighted by atomic mass is 16.5. The van der Waals surface area contributed by atoms with Gasteiger partial charge in [0.05, 0.1) is 12.8 Å². The van der Waals surface area contributed by atoms with E-state index in [4.69, 9.17) is 4.42 Å². The highest BCUT2D eigenvalue weighted by Gasteiger charge is 2.22. The predicted octanol–water partition coefficient (Wildman–Crippen LogP) is 1.88. The van der Waals surface area contributed by atoms with Crippen LogP contribution in [0.5, 0.6) is 0 Å². The van der Waals surface area contributed by atoms with Gasteiger partial charge in [-0.1, -0.05) is 0 Å². The largest absolute Gasteiger partial charge is 0.463 e. The quantitative estimate of drug-likeness (QED) is 0.704. The second-order valence-electron chi connectivity index (χ2n) is 3.98. The number of furan rings is 1. The third-order valence-electron chi connectivity index (χ3n) is 2.96. The fourth-order valence-corrected chi connectivity index (χ4v) is 2.16. The van der Waals surface area contributed by atoms with Crippen LogP contribution in [-0.4, -0.2) is 22.9 Å². The van der Waals surface area contributed by atoms with E-state index in [0.717, 1.165) is 36.4 Å². The summed E-state index contributed by atoms with van der Waals surface area (Å²) >= 11 is 0. The zero-order chi connectivity index (χ0) is 11.8. The predicted molar refractivity (Wildman–Crippen MR) is 59.6 cm³/mol. The first kappa shape index (κ1) is 10.1. The molecule has 0 N–H and O–H groups in total. The Morgan fingerprint density at radius 1 is 1.59 bits per heavy atom. The van der Waals surface area contributed by atoms with E-state index in [9.17, 15) is 4.79 Å². The highest BCUT2D eigenvalue weighted by molar-refractivity contribution is 5.88. The van der Waals surface area contributed by atoms with E-state index in [1.807, 2.05) is 10.7 Å². The van der Waals surface area contributed by atoms with E-state index < -0.39 is 5.97 Å². The summed E-state index contributed by atoms with van der Waals surface area (Å²) in [7, 11) is 1.35. The van der Waals surface area contributed by atoms with Gasteiger partial charge in [0.15, 0.2) is 0 Å². The number of hydrogen-bond donors (Lipinski definition) is 0. The van der Waals surface area contributed by atoms with Crippen LogP contribution in [-0.2, 0) is 17.7 Å². The maximum atomic E-state index is 11.4. The summed E-state index contributed by atoms with van der Waals surface area (Å²) in [5.74, 6) is 0.654. The average Bonchev–Trinajstić information content (AvgIpc) is 2.92. The molecule has 0 atom stereocenters. The first-order chi connectivity index (χ1) is 8.29. The van der Waals surface area contributed by atoms with Crippen molar-refractivity contribution in [1.29, 1.82) is 0 Å². The Hall–Kier alpha value is -2.04. The molecule has 1 aliphatic heterocycles. The maximum Gasteiger partial charge on any atom is 0.373 e. The molecular formula is C12H12N2O3. The number of hydrogen-bond acceptors (Lipinski definition) is 4. The van der Waals surface area contributed by atoms with Crippen LogP contribution < -0.4 is 0 Å². The minimum atomic E-state index is -0.441. The fourth-order valence-electron chi connectivity index (χ4n) is 2.16. The Morgan fingerprint density at radius 3 is 3.29 bits per heavy atom.